The second-order valence-electron chi connectivity index (χ2n) is 4.42. The largest absolute Gasteiger partial charge is 0.481 e. The van der Waals surface area contributed by atoms with Gasteiger partial charge in [-0.25, -0.2) is 9.37 Å². The highest BCUT2D eigenvalue weighted by Crippen LogP contribution is 2.14. The van der Waals surface area contributed by atoms with Crippen LogP contribution in [-0.4, -0.2) is 22.0 Å². The Morgan fingerprint density at radius 1 is 1.45 bits per heavy atom. The molecule has 0 aliphatic carbocycles. The van der Waals surface area contributed by atoms with Gasteiger partial charge in [0.1, 0.15) is 17.4 Å². The van der Waals surface area contributed by atoms with Crippen molar-refractivity contribution in [2.45, 2.75) is 26.0 Å². The molecule has 0 saturated carbocycles. The van der Waals surface area contributed by atoms with Gasteiger partial charge in [-0.3, -0.25) is 4.79 Å². The van der Waals surface area contributed by atoms with Gasteiger partial charge in [0, 0.05) is 18.5 Å². The molecule has 2 atom stereocenters. The number of H-pyrrole nitrogens is 1. The average Bonchev–Trinajstić information content (AvgIpc) is 2.92. The number of nitrogens with zero attached hydrogens (tertiary/aromatic N) is 1. The molecule has 2 aromatic rings. The number of benzene rings is 1. The lowest BCUT2D eigenvalue weighted by Gasteiger charge is -2.17. The molecule has 0 saturated heterocycles. The molecule has 0 bridgehead atoms. The first-order valence-electron chi connectivity index (χ1n) is 6.28. The van der Waals surface area contributed by atoms with Gasteiger partial charge in [0.25, 0.3) is 5.91 Å². The lowest BCUT2D eigenvalue weighted by atomic mass is 10.2. The Morgan fingerprint density at radius 2 is 2.25 bits per heavy atom. The molecule has 1 aromatic heterocycles. The number of amides is 1. The van der Waals surface area contributed by atoms with Crippen LogP contribution < -0.4 is 10.1 Å². The van der Waals surface area contributed by atoms with Crippen molar-refractivity contribution in [1.82, 2.24) is 15.3 Å². The Balaban J connectivity index is 1.92. The second kappa shape index (κ2) is 6.18. The molecule has 0 spiro atoms. The van der Waals surface area contributed by atoms with E-state index in [4.69, 9.17) is 4.74 Å². The van der Waals surface area contributed by atoms with Gasteiger partial charge >= 0.3 is 0 Å². The van der Waals surface area contributed by atoms with Crippen molar-refractivity contribution in [3.63, 3.8) is 0 Å². The summed E-state index contributed by atoms with van der Waals surface area (Å²) in [5.74, 6) is 0.284. The summed E-state index contributed by atoms with van der Waals surface area (Å²) < 4.78 is 18.4. The minimum Gasteiger partial charge on any atom is -0.481 e. The molecule has 1 aromatic carbocycles. The van der Waals surface area contributed by atoms with Crippen LogP contribution in [0.15, 0.2) is 36.7 Å². The molecule has 1 amide bonds. The zero-order valence-electron chi connectivity index (χ0n) is 11.3. The summed E-state index contributed by atoms with van der Waals surface area (Å²) in [4.78, 5) is 19.0. The Morgan fingerprint density at radius 3 is 2.90 bits per heavy atom. The van der Waals surface area contributed by atoms with Crippen molar-refractivity contribution in [2.24, 2.45) is 0 Å². The van der Waals surface area contributed by atoms with Crippen LogP contribution >= 0.6 is 0 Å². The molecule has 1 heterocycles. The molecule has 6 heteroatoms. The second-order valence-corrected chi connectivity index (χ2v) is 4.42. The highest BCUT2D eigenvalue weighted by molar-refractivity contribution is 5.81. The van der Waals surface area contributed by atoms with Crippen LogP contribution in [0.4, 0.5) is 4.39 Å². The van der Waals surface area contributed by atoms with Crippen molar-refractivity contribution in [3.05, 3.63) is 48.3 Å². The van der Waals surface area contributed by atoms with Crippen LogP contribution in [0.3, 0.4) is 0 Å². The van der Waals surface area contributed by atoms with Gasteiger partial charge in [0.2, 0.25) is 0 Å². The maximum Gasteiger partial charge on any atom is 0.261 e. The van der Waals surface area contributed by atoms with Crippen molar-refractivity contribution in [3.8, 4) is 5.75 Å². The monoisotopic (exact) mass is 277 g/mol. The van der Waals surface area contributed by atoms with Gasteiger partial charge in [-0.1, -0.05) is 6.07 Å². The highest BCUT2D eigenvalue weighted by Gasteiger charge is 2.18. The average molecular weight is 277 g/mol. The third-order valence-corrected chi connectivity index (χ3v) is 2.77. The molecule has 2 unspecified atom stereocenters. The number of aromatic amines is 1. The number of nitrogens with one attached hydrogen (secondary N) is 2. The fraction of sp³-hybridized carbons (Fsp3) is 0.286. The van der Waals surface area contributed by atoms with E-state index in [-0.39, 0.29) is 11.9 Å². The molecule has 2 N–H and O–H groups in total. The quantitative estimate of drug-likeness (QED) is 0.880. The van der Waals surface area contributed by atoms with E-state index in [2.05, 4.69) is 15.3 Å². The lowest BCUT2D eigenvalue weighted by Crippen LogP contribution is -2.38. The zero-order valence-corrected chi connectivity index (χ0v) is 11.3. The van der Waals surface area contributed by atoms with E-state index < -0.39 is 11.9 Å². The first-order chi connectivity index (χ1) is 9.56. The number of ether oxygens (including phenoxy) is 1. The summed E-state index contributed by atoms with van der Waals surface area (Å²) >= 11 is 0. The summed E-state index contributed by atoms with van der Waals surface area (Å²) in [6.07, 6.45) is 2.57. The number of halogens is 1. The number of aromatic nitrogens is 2. The molecule has 0 radical (unpaired) electrons. The highest BCUT2D eigenvalue weighted by atomic mass is 19.1. The maximum atomic E-state index is 13.0. The van der Waals surface area contributed by atoms with Crippen molar-refractivity contribution in [1.29, 1.82) is 0 Å². The van der Waals surface area contributed by atoms with E-state index >= 15 is 0 Å². The lowest BCUT2D eigenvalue weighted by molar-refractivity contribution is -0.128. The summed E-state index contributed by atoms with van der Waals surface area (Å²) in [6.45, 7) is 3.42. The minimum absolute atomic E-state index is 0.254. The van der Waals surface area contributed by atoms with Gasteiger partial charge in [0.05, 0.1) is 6.04 Å². The molecule has 0 aliphatic rings. The maximum absolute atomic E-state index is 13.0. The van der Waals surface area contributed by atoms with Crippen LogP contribution in [0.5, 0.6) is 5.75 Å². The Kier molecular flexibility index (Phi) is 4.34. The van der Waals surface area contributed by atoms with E-state index in [9.17, 15) is 9.18 Å². The first kappa shape index (κ1) is 14.0. The van der Waals surface area contributed by atoms with Crippen LogP contribution in [0.2, 0.25) is 0 Å². The molecule has 20 heavy (non-hydrogen) atoms. The third kappa shape index (κ3) is 3.57. The zero-order chi connectivity index (χ0) is 14.5. The summed E-state index contributed by atoms with van der Waals surface area (Å²) in [5.41, 5.74) is 0. The van der Waals surface area contributed by atoms with Gasteiger partial charge in [0.15, 0.2) is 6.10 Å². The minimum atomic E-state index is -0.728. The van der Waals surface area contributed by atoms with Crippen molar-refractivity contribution < 1.29 is 13.9 Å². The Labute approximate surface area is 116 Å². The molecule has 5 nitrogen and oxygen atoms in total. The predicted octanol–water partition coefficient (Wildman–Crippen LogP) is 2.19. The van der Waals surface area contributed by atoms with Gasteiger partial charge in [-0.15, -0.1) is 0 Å². The number of hydrogen-bond donors (Lipinski definition) is 2. The molecule has 2 rings (SSSR count). The van der Waals surface area contributed by atoms with E-state index in [1.165, 1.54) is 18.2 Å². The van der Waals surface area contributed by atoms with E-state index in [1.807, 2.05) is 6.92 Å². The smallest absolute Gasteiger partial charge is 0.261 e. The molecule has 0 fully saturated rings. The van der Waals surface area contributed by atoms with Crippen LogP contribution in [0, 0.1) is 5.82 Å². The molecule has 0 aliphatic heterocycles. The van der Waals surface area contributed by atoms with Gasteiger partial charge < -0.3 is 15.0 Å². The van der Waals surface area contributed by atoms with E-state index in [0.717, 1.165) is 0 Å². The molecular weight excluding hydrogens is 261 g/mol. The number of carbonyl (C=O) groups is 1. The summed E-state index contributed by atoms with van der Waals surface area (Å²) in [6, 6.07) is 5.43. The Hall–Kier alpha value is -2.37. The number of imidazole rings is 1. The standard InChI is InChI=1S/C14H16FN3O2/c1-9(13-16-6-7-17-13)18-14(19)10(2)20-12-5-3-4-11(15)8-12/h3-10H,1-2H3,(H,16,17)(H,18,19). The van der Waals surface area contributed by atoms with E-state index in [1.54, 1.807) is 25.4 Å². The molecular formula is C14H16FN3O2. The SMILES string of the molecule is CC(Oc1cccc(F)c1)C(=O)NC(C)c1ncc[nH]1. The first-order valence-corrected chi connectivity index (χ1v) is 6.28. The number of hydrogen-bond acceptors (Lipinski definition) is 3. The topological polar surface area (TPSA) is 67.0 Å². The fourth-order valence-electron chi connectivity index (χ4n) is 1.71. The summed E-state index contributed by atoms with van der Waals surface area (Å²) in [5, 5.41) is 2.77. The fourth-order valence-corrected chi connectivity index (χ4v) is 1.71. The molecule has 106 valence electrons. The number of rotatable bonds is 5. The predicted molar refractivity (Wildman–Crippen MR) is 71.6 cm³/mol. The van der Waals surface area contributed by atoms with Crippen molar-refractivity contribution >= 4 is 5.91 Å². The Bertz CT molecular complexity index is 572. The normalized spacial score (nSPS) is 13.6. The van der Waals surface area contributed by atoms with Crippen molar-refractivity contribution in [2.75, 3.05) is 0 Å². The van der Waals surface area contributed by atoms with Crippen LogP contribution in [-0.2, 0) is 4.79 Å². The van der Waals surface area contributed by atoms with Crippen LogP contribution in [0.25, 0.3) is 0 Å². The number of carbonyl (C=O) groups excluding carboxylic acids is 1. The third-order valence-electron chi connectivity index (χ3n) is 2.77. The van der Waals surface area contributed by atoms with Gasteiger partial charge in [-0.05, 0) is 26.0 Å². The summed E-state index contributed by atoms with van der Waals surface area (Å²) in [7, 11) is 0. The van der Waals surface area contributed by atoms with E-state index in [0.29, 0.717) is 11.6 Å². The van der Waals surface area contributed by atoms with Gasteiger partial charge in [-0.2, -0.15) is 0 Å². The van der Waals surface area contributed by atoms with Crippen LogP contribution in [0.1, 0.15) is 25.7 Å².